The molecule has 0 atom stereocenters. The first-order chi connectivity index (χ1) is 13.8. The number of aromatic nitrogens is 3. The fraction of sp³-hybridized carbons (Fsp3) is 0.500. The van der Waals surface area contributed by atoms with Crippen molar-refractivity contribution in [1.29, 1.82) is 0 Å². The van der Waals surface area contributed by atoms with Gasteiger partial charge in [-0.3, -0.25) is 19.4 Å². The lowest BCUT2D eigenvalue weighted by Gasteiger charge is -2.25. The van der Waals surface area contributed by atoms with Crippen molar-refractivity contribution in [3.63, 3.8) is 0 Å². The topological polar surface area (TPSA) is 135 Å². The van der Waals surface area contributed by atoms with Crippen LogP contribution in [0.1, 0.15) is 48.2 Å². The van der Waals surface area contributed by atoms with Crippen molar-refractivity contribution in [3.8, 4) is 5.69 Å². The van der Waals surface area contributed by atoms with Crippen molar-refractivity contribution in [3.05, 3.63) is 39.1 Å². The summed E-state index contributed by atoms with van der Waals surface area (Å²) in [6, 6.07) is 0. The highest BCUT2D eigenvalue weighted by atomic mass is 16.5. The van der Waals surface area contributed by atoms with Crippen LogP contribution in [0.15, 0.2) is 11.0 Å². The Bertz CT molecular complexity index is 981. The van der Waals surface area contributed by atoms with Crippen molar-refractivity contribution < 1.29 is 10.0 Å². The first kappa shape index (κ1) is 20.8. The number of anilines is 2. The Balaban J connectivity index is 2.05. The number of carbonyl (C=O) groups is 1. The van der Waals surface area contributed by atoms with Gasteiger partial charge in [-0.1, -0.05) is 19.3 Å². The molecule has 1 amide bonds. The molecule has 156 valence electrons. The average Bonchev–Trinajstić information content (AvgIpc) is 2.65. The number of nitrogen functional groups attached to an aromatic ring is 1. The molecule has 2 aromatic rings. The molecule has 0 aromatic carbocycles. The molecule has 2 aromatic heterocycles. The van der Waals surface area contributed by atoms with Gasteiger partial charge in [0.1, 0.15) is 5.82 Å². The Kier molecular flexibility index (Phi) is 6.17. The standard InChI is InChI=1S/C20H28N6O3/c1-11-10-23-19(22-8-7-14-5-4-6-14)20(28)26(11)17-15(9-16(27)25-29)12(2)13(3)24-18(17)21/h10,14,29H,4-9H2,1-3H3,(H2,21,24)(H,22,23)(H,25,27). The summed E-state index contributed by atoms with van der Waals surface area (Å²) >= 11 is 0. The number of rotatable bonds is 7. The van der Waals surface area contributed by atoms with E-state index >= 15 is 0 Å². The maximum Gasteiger partial charge on any atom is 0.298 e. The fourth-order valence-corrected chi connectivity index (χ4v) is 3.65. The Morgan fingerprint density at radius 1 is 1.34 bits per heavy atom. The van der Waals surface area contributed by atoms with Crippen LogP contribution in [0.5, 0.6) is 0 Å². The normalized spacial score (nSPS) is 13.8. The van der Waals surface area contributed by atoms with Gasteiger partial charge in [0.2, 0.25) is 5.91 Å². The summed E-state index contributed by atoms with van der Waals surface area (Å²) in [5.74, 6) is 0.507. The first-order valence-electron chi connectivity index (χ1n) is 9.84. The van der Waals surface area contributed by atoms with Gasteiger partial charge in [0.15, 0.2) is 5.82 Å². The third-order valence-corrected chi connectivity index (χ3v) is 5.71. The van der Waals surface area contributed by atoms with Crippen LogP contribution in [0.4, 0.5) is 11.6 Å². The van der Waals surface area contributed by atoms with Gasteiger partial charge in [-0.25, -0.2) is 15.4 Å². The Hall–Kier alpha value is -2.94. The molecule has 9 heteroatoms. The third-order valence-electron chi connectivity index (χ3n) is 5.71. The summed E-state index contributed by atoms with van der Waals surface area (Å²) in [5, 5.41) is 12.1. The number of carbonyl (C=O) groups excluding carboxylic acids is 1. The molecule has 9 nitrogen and oxygen atoms in total. The van der Waals surface area contributed by atoms with Gasteiger partial charge >= 0.3 is 0 Å². The summed E-state index contributed by atoms with van der Waals surface area (Å²) in [6.45, 7) is 6.02. The van der Waals surface area contributed by atoms with Gasteiger partial charge in [-0.15, -0.1) is 0 Å². The van der Waals surface area contributed by atoms with E-state index in [0.717, 1.165) is 17.9 Å². The molecular weight excluding hydrogens is 372 g/mol. The van der Waals surface area contributed by atoms with E-state index in [9.17, 15) is 9.59 Å². The van der Waals surface area contributed by atoms with Crippen LogP contribution in [0.2, 0.25) is 0 Å². The second-order valence-corrected chi connectivity index (χ2v) is 7.65. The number of hydrogen-bond donors (Lipinski definition) is 4. The maximum absolute atomic E-state index is 13.2. The second kappa shape index (κ2) is 8.60. The highest BCUT2D eigenvalue weighted by molar-refractivity contribution is 5.80. The van der Waals surface area contributed by atoms with E-state index in [1.54, 1.807) is 25.5 Å². The van der Waals surface area contributed by atoms with Gasteiger partial charge in [-0.05, 0) is 44.2 Å². The molecule has 0 bridgehead atoms. The van der Waals surface area contributed by atoms with Crippen LogP contribution in [-0.2, 0) is 11.2 Å². The molecule has 5 N–H and O–H groups in total. The molecule has 1 saturated carbocycles. The zero-order valence-electron chi connectivity index (χ0n) is 17.1. The van der Waals surface area contributed by atoms with E-state index < -0.39 is 5.91 Å². The van der Waals surface area contributed by atoms with Crippen molar-refractivity contribution in [2.24, 2.45) is 5.92 Å². The number of amides is 1. The van der Waals surface area contributed by atoms with Crippen molar-refractivity contribution >= 4 is 17.5 Å². The van der Waals surface area contributed by atoms with E-state index in [2.05, 4.69) is 15.3 Å². The van der Waals surface area contributed by atoms with Crippen LogP contribution in [0, 0.1) is 26.7 Å². The molecule has 0 spiro atoms. The minimum absolute atomic E-state index is 0.135. The molecule has 29 heavy (non-hydrogen) atoms. The minimum Gasteiger partial charge on any atom is -0.382 e. The molecule has 1 aliphatic carbocycles. The van der Waals surface area contributed by atoms with E-state index in [1.807, 2.05) is 6.92 Å². The Morgan fingerprint density at radius 3 is 2.69 bits per heavy atom. The molecular formula is C20H28N6O3. The predicted octanol–water partition coefficient (Wildman–Crippen LogP) is 1.78. The molecule has 0 radical (unpaired) electrons. The quantitative estimate of drug-likeness (QED) is 0.411. The van der Waals surface area contributed by atoms with Crippen LogP contribution < -0.4 is 22.1 Å². The number of hydrogen-bond acceptors (Lipinski definition) is 7. The summed E-state index contributed by atoms with van der Waals surface area (Å²) in [7, 11) is 0. The Labute approximate surface area is 169 Å². The SMILES string of the molecule is Cc1nc(N)c(-n2c(C)cnc(NCCC3CCC3)c2=O)c(CC(=O)NO)c1C. The van der Waals surface area contributed by atoms with Crippen LogP contribution in [-0.4, -0.2) is 32.2 Å². The van der Waals surface area contributed by atoms with E-state index in [0.29, 0.717) is 29.2 Å². The summed E-state index contributed by atoms with van der Waals surface area (Å²) in [6.07, 6.45) is 6.23. The van der Waals surface area contributed by atoms with Gasteiger partial charge in [0.25, 0.3) is 5.56 Å². The van der Waals surface area contributed by atoms with Gasteiger partial charge in [-0.2, -0.15) is 0 Å². The van der Waals surface area contributed by atoms with Crippen molar-refractivity contribution in [2.75, 3.05) is 17.6 Å². The number of nitrogens with zero attached hydrogens (tertiary/aromatic N) is 3. The van der Waals surface area contributed by atoms with Gasteiger partial charge in [0.05, 0.1) is 12.1 Å². The number of nitrogens with one attached hydrogen (secondary N) is 2. The smallest absolute Gasteiger partial charge is 0.298 e. The molecule has 0 saturated heterocycles. The molecule has 1 fully saturated rings. The minimum atomic E-state index is -0.599. The highest BCUT2D eigenvalue weighted by Gasteiger charge is 2.22. The zero-order chi connectivity index (χ0) is 21.1. The fourth-order valence-electron chi connectivity index (χ4n) is 3.65. The molecule has 0 aliphatic heterocycles. The molecule has 3 rings (SSSR count). The average molecular weight is 400 g/mol. The lowest BCUT2D eigenvalue weighted by atomic mass is 9.83. The van der Waals surface area contributed by atoms with Crippen molar-refractivity contribution in [2.45, 2.75) is 52.9 Å². The summed E-state index contributed by atoms with van der Waals surface area (Å²) in [4.78, 5) is 33.7. The number of hydroxylamine groups is 1. The monoisotopic (exact) mass is 400 g/mol. The van der Waals surface area contributed by atoms with Crippen molar-refractivity contribution in [1.82, 2.24) is 20.0 Å². The Morgan fingerprint density at radius 2 is 2.07 bits per heavy atom. The molecule has 2 heterocycles. The van der Waals surface area contributed by atoms with E-state index in [1.165, 1.54) is 23.8 Å². The van der Waals surface area contributed by atoms with Crippen LogP contribution in [0.25, 0.3) is 5.69 Å². The summed E-state index contributed by atoms with van der Waals surface area (Å²) < 4.78 is 1.44. The van der Waals surface area contributed by atoms with Gasteiger partial charge < -0.3 is 11.1 Å². The maximum atomic E-state index is 13.2. The third kappa shape index (κ3) is 4.24. The number of nitrogens with two attached hydrogens (primary N) is 1. The summed E-state index contributed by atoms with van der Waals surface area (Å²) in [5.41, 5.74) is 10.3. The van der Waals surface area contributed by atoms with Crippen LogP contribution in [0.3, 0.4) is 0 Å². The highest BCUT2D eigenvalue weighted by Crippen LogP contribution is 2.29. The lowest BCUT2D eigenvalue weighted by molar-refractivity contribution is -0.128. The lowest BCUT2D eigenvalue weighted by Crippen LogP contribution is -2.30. The second-order valence-electron chi connectivity index (χ2n) is 7.65. The molecule has 1 aliphatic rings. The van der Waals surface area contributed by atoms with Crippen LogP contribution >= 0.6 is 0 Å². The predicted molar refractivity (Wildman–Crippen MR) is 110 cm³/mol. The number of aryl methyl sites for hydroxylation is 2. The zero-order valence-corrected chi connectivity index (χ0v) is 17.1. The molecule has 0 unspecified atom stereocenters. The van der Waals surface area contributed by atoms with E-state index in [-0.39, 0.29) is 23.6 Å². The number of pyridine rings is 1. The van der Waals surface area contributed by atoms with E-state index in [4.69, 9.17) is 10.9 Å². The van der Waals surface area contributed by atoms with Gasteiger partial charge in [0, 0.05) is 24.1 Å². The largest absolute Gasteiger partial charge is 0.382 e. The first-order valence-corrected chi connectivity index (χ1v) is 9.84.